The van der Waals surface area contributed by atoms with E-state index in [0.717, 1.165) is 19.3 Å². The second-order valence-corrected chi connectivity index (χ2v) is 9.53. The highest BCUT2D eigenvalue weighted by molar-refractivity contribution is 7.90. The Morgan fingerprint density at radius 2 is 2.14 bits per heavy atom. The number of nitrogens with zero attached hydrogens (tertiary/aromatic N) is 1. The highest BCUT2D eigenvalue weighted by Crippen LogP contribution is 2.70. The van der Waals surface area contributed by atoms with Crippen molar-refractivity contribution in [2.45, 2.75) is 52.5 Å². The van der Waals surface area contributed by atoms with Crippen LogP contribution in [0.5, 0.6) is 0 Å². The van der Waals surface area contributed by atoms with Crippen LogP contribution in [-0.4, -0.2) is 30.4 Å². The van der Waals surface area contributed by atoms with Crippen molar-refractivity contribution < 1.29 is 13.2 Å². The third-order valence-electron chi connectivity index (χ3n) is 6.57. The van der Waals surface area contributed by atoms with Crippen LogP contribution in [0.2, 0.25) is 0 Å². The molecule has 21 heavy (non-hydrogen) atoms. The lowest BCUT2D eigenvalue weighted by Crippen LogP contribution is -2.45. The molecule has 1 amide bonds. The average molecular weight is 311 g/mol. The molecule has 5 heteroatoms. The molecule has 3 rings (SSSR count). The molecule has 2 saturated carbocycles. The van der Waals surface area contributed by atoms with Crippen LogP contribution >= 0.6 is 0 Å². The summed E-state index contributed by atoms with van der Waals surface area (Å²) in [7, 11) is -3.47. The summed E-state index contributed by atoms with van der Waals surface area (Å²) in [5.74, 6) is 0.151. The van der Waals surface area contributed by atoms with Gasteiger partial charge in [-0.3, -0.25) is 4.79 Å². The quantitative estimate of drug-likeness (QED) is 0.753. The Balaban J connectivity index is 2.00. The van der Waals surface area contributed by atoms with Gasteiger partial charge in [-0.05, 0) is 37.0 Å². The molecule has 0 aromatic carbocycles. The van der Waals surface area contributed by atoms with Gasteiger partial charge in [-0.2, -0.15) is 0 Å². The van der Waals surface area contributed by atoms with E-state index >= 15 is 0 Å². The minimum atomic E-state index is -3.47. The van der Waals surface area contributed by atoms with Crippen LogP contribution in [0.25, 0.3) is 0 Å². The predicted molar refractivity (Wildman–Crippen MR) is 82.0 cm³/mol. The number of allylic oxidation sites excluding steroid dienone is 1. The molecule has 0 N–H and O–H groups in total. The normalized spacial score (nSPS) is 40.0. The number of amides is 1. The summed E-state index contributed by atoms with van der Waals surface area (Å²) in [4.78, 5) is 12.7. The molecule has 3 fully saturated rings. The highest BCUT2D eigenvalue weighted by atomic mass is 32.2. The fourth-order valence-corrected chi connectivity index (χ4v) is 7.78. The van der Waals surface area contributed by atoms with Crippen LogP contribution in [0.15, 0.2) is 12.7 Å². The van der Waals surface area contributed by atoms with Gasteiger partial charge in [-0.1, -0.05) is 26.8 Å². The van der Waals surface area contributed by atoms with E-state index < -0.39 is 10.0 Å². The van der Waals surface area contributed by atoms with Gasteiger partial charge in [0.05, 0.1) is 11.8 Å². The Labute approximate surface area is 127 Å². The molecule has 1 heterocycles. The molecule has 0 radical (unpaired) electrons. The minimum absolute atomic E-state index is 0.0153. The van der Waals surface area contributed by atoms with Gasteiger partial charge in [0.1, 0.15) is 0 Å². The van der Waals surface area contributed by atoms with E-state index in [9.17, 15) is 13.2 Å². The van der Waals surface area contributed by atoms with Crippen molar-refractivity contribution in [3.05, 3.63) is 12.7 Å². The number of carbonyl (C=O) groups is 1. The lowest BCUT2D eigenvalue weighted by molar-refractivity contribution is -0.132. The lowest BCUT2D eigenvalue weighted by Gasteiger charge is -2.37. The molecule has 4 atom stereocenters. The highest BCUT2D eigenvalue weighted by Gasteiger charge is 2.72. The van der Waals surface area contributed by atoms with E-state index in [1.165, 1.54) is 4.31 Å². The van der Waals surface area contributed by atoms with Gasteiger partial charge in [0, 0.05) is 11.3 Å². The number of rotatable bonds is 3. The number of hydrogen-bond acceptors (Lipinski definition) is 3. The van der Waals surface area contributed by atoms with Gasteiger partial charge in [-0.25, -0.2) is 12.7 Å². The van der Waals surface area contributed by atoms with Crippen LogP contribution < -0.4 is 0 Å². The first-order valence-electron chi connectivity index (χ1n) is 7.84. The maximum Gasteiger partial charge on any atom is 0.239 e. The Morgan fingerprint density at radius 1 is 1.48 bits per heavy atom. The summed E-state index contributed by atoms with van der Waals surface area (Å²) in [5, 5.41) is 0. The van der Waals surface area contributed by atoms with E-state index in [-0.39, 0.29) is 34.4 Å². The fourth-order valence-electron chi connectivity index (χ4n) is 5.15. The van der Waals surface area contributed by atoms with Crippen molar-refractivity contribution in [3.8, 4) is 0 Å². The standard InChI is InChI=1S/C16H25NO3S/c1-5-6-11(2)14(18)17-13-9-12-7-8-16(13,15(12,3)4)10-21(17,19)20/h5,11-13H,1,6-10H2,2-4H3/t11-,12+,13+,16?/m0/s1. The van der Waals surface area contributed by atoms with Gasteiger partial charge in [0.2, 0.25) is 15.9 Å². The first kappa shape index (κ1) is 15.1. The van der Waals surface area contributed by atoms with Crippen molar-refractivity contribution >= 4 is 15.9 Å². The Hall–Kier alpha value is -0.840. The van der Waals surface area contributed by atoms with Crippen LogP contribution in [0, 0.1) is 22.7 Å². The fraction of sp³-hybridized carbons (Fsp3) is 0.812. The van der Waals surface area contributed by atoms with Crippen LogP contribution in [0.4, 0.5) is 0 Å². The zero-order valence-electron chi connectivity index (χ0n) is 13.1. The van der Waals surface area contributed by atoms with Crippen molar-refractivity contribution in [3.63, 3.8) is 0 Å². The van der Waals surface area contributed by atoms with Crippen molar-refractivity contribution in [2.24, 2.45) is 22.7 Å². The second-order valence-electron chi connectivity index (χ2n) is 7.68. The smallest absolute Gasteiger partial charge is 0.239 e. The second kappa shape index (κ2) is 4.34. The molecule has 1 unspecified atom stereocenters. The zero-order chi connectivity index (χ0) is 15.6. The van der Waals surface area contributed by atoms with Crippen molar-refractivity contribution in [2.75, 3.05) is 5.75 Å². The summed E-state index contributed by atoms with van der Waals surface area (Å²) in [6.07, 6.45) is 5.10. The number of hydrogen-bond donors (Lipinski definition) is 0. The summed E-state index contributed by atoms with van der Waals surface area (Å²) >= 11 is 0. The molecule has 1 spiro atoms. The maximum atomic E-state index is 12.7. The Bertz CT molecular complexity index is 595. The number of carbonyl (C=O) groups excluding carboxylic acids is 1. The Kier molecular flexibility index (Phi) is 3.11. The van der Waals surface area contributed by atoms with E-state index in [1.807, 2.05) is 0 Å². The van der Waals surface area contributed by atoms with E-state index in [1.54, 1.807) is 13.0 Å². The van der Waals surface area contributed by atoms with E-state index in [2.05, 4.69) is 20.4 Å². The van der Waals surface area contributed by atoms with Gasteiger partial charge in [0.15, 0.2) is 0 Å². The van der Waals surface area contributed by atoms with Gasteiger partial charge < -0.3 is 0 Å². The molecule has 1 aliphatic heterocycles. The summed E-state index contributed by atoms with van der Waals surface area (Å²) in [5.41, 5.74) is -0.207. The molecule has 1 saturated heterocycles. The molecule has 0 aromatic rings. The summed E-state index contributed by atoms with van der Waals surface area (Å²) in [6.45, 7) is 9.84. The van der Waals surface area contributed by atoms with Crippen LogP contribution in [0.3, 0.4) is 0 Å². The molecule has 118 valence electrons. The lowest BCUT2D eigenvalue weighted by atomic mass is 9.69. The van der Waals surface area contributed by atoms with E-state index in [4.69, 9.17) is 0 Å². The third-order valence-corrected chi connectivity index (χ3v) is 8.48. The van der Waals surface area contributed by atoms with Crippen LogP contribution in [-0.2, 0) is 14.8 Å². The molecule has 3 aliphatic rings. The molecule has 4 nitrogen and oxygen atoms in total. The Morgan fingerprint density at radius 3 is 2.71 bits per heavy atom. The topological polar surface area (TPSA) is 54.5 Å². The molecular weight excluding hydrogens is 286 g/mol. The molecule has 2 bridgehead atoms. The predicted octanol–water partition coefficient (Wildman–Crippen LogP) is 2.57. The maximum absolute atomic E-state index is 12.7. The minimum Gasteiger partial charge on any atom is -0.273 e. The van der Waals surface area contributed by atoms with Crippen molar-refractivity contribution in [1.29, 1.82) is 0 Å². The number of sulfonamides is 1. The molecular formula is C16H25NO3S. The monoisotopic (exact) mass is 311 g/mol. The summed E-state index contributed by atoms with van der Waals surface area (Å²) in [6, 6.07) is -0.115. The van der Waals surface area contributed by atoms with Crippen molar-refractivity contribution in [1.82, 2.24) is 4.31 Å². The third kappa shape index (κ3) is 1.73. The number of fused-ring (bicyclic) bond motifs is 1. The molecule has 2 aliphatic carbocycles. The van der Waals surface area contributed by atoms with E-state index in [0.29, 0.717) is 12.3 Å². The zero-order valence-corrected chi connectivity index (χ0v) is 13.9. The van der Waals surface area contributed by atoms with Gasteiger partial charge >= 0.3 is 0 Å². The SMILES string of the molecule is C=CC[C@H](C)C(=O)N1[C@@H]2C[C@H]3CCC2(CS1(=O)=O)C3(C)C. The summed E-state index contributed by atoms with van der Waals surface area (Å²) < 4.78 is 26.6. The largest absolute Gasteiger partial charge is 0.273 e. The van der Waals surface area contributed by atoms with Gasteiger partial charge in [0.25, 0.3) is 0 Å². The van der Waals surface area contributed by atoms with Crippen LogP contribution in [0.1, 0.15) is 46.5 Å². The van der Waals surface area contributed by atoms with Gasteiger partial charge in [-0.15, -0.1) is 6.58 Å². The first-order chi connectivity index (χ1) is 9.67. The first-order valence-corrected chi connectivity index (χ1v) is 9.45. The average Bonchev–Trinajstić information content (AvgIpc) is 2.85. The molecule has 0 aromatic heterocycles.